The summed E-state index contributed by atoms with van der Waals surface area (Å²) in [7, 11) is 0. The zero-order valence-corrected chi connectivity index (χ0v) is 9.34. The second kappa shape index (κ2) is 6.24. The first-order chi connectivity index (χ1) is 8.49. The van der Waals surface area contributed by atoms with Crippen molar-refractivity contribution < 1.29 is 24.6 Å². The van der Waals surface area contributed by atoms with Gasteiger partial charge in [0.2, 0.25) is 5.91 Å². The van der Waals surface area contributed by atoms with Gasteiger partial charge < -0.3 is 10.2 Å². The third-order valence-electron chi connectivity index (χ3n) is 2.01. The molecule has 0 saturated carbocycles. The number of rotatable bonds is 4. The minimum atomic E-state index is -1.09. The van der Waals surface area contributed by atoms with E-state index in [1.807, 2.05) is 0 Å². The zero-order chi connectivity index (χ0) is 13.5. The molecule has 96 valence electrons. The SMILES string of the molecule is O=C(O)CCC(=O)NNC(=O)c1ccc(O)cc1. The average Bonchev–Trinajstić information content (AvgIpc) is 2.34. The van der Waals surface area contributed by atoms with Gasteiger partial charge in [0, 0.05) is 12.0 Å². The van der Waals surface area contributed by atoms with E-state index in [9.17, 15) is 14.4 Å². The number of phenols is 1. The molecule has 0 aliphatic carbocycles. The van der Waals surface area contributed by atoms with Crippen LogP contribution in [0.4, 0.5) is 0 Å². The van der Waals surface area contributed by atoms with Gasteiger partial charge in [0.05, 0.1) is 6.42 Å². The van der Waals surface area contributed by atoms with E-state index < -0.39 is 17.8 Å². The summed E-state index contributed by atoms with van der Waals surface area (Å²) in [6.45, 7) is 0. The lowest BCUT2D eigenvalue weighted by Crippen LogP contribution is -2.41. The second-order valence-corrected chi connectivity index (χ2v) is 3.44. The number of hydrogen-bond donors (Lipinski definition) is 4. The van der Waals surface area contributed by atoms with Gasteiger partial charge >= 0.3 is 5.97 Å². The molecule has 7 heteroatoms. The van der Waals surface area contributed by atoms with Gasteiger partial charge in [-0.2, -0.15) is 0 Å². The van der Waals surface area contributed by atoms with E-state index in [1.54, 1.807) is 0 Å². The Morgan fingerprint density at radius 3 is 2.17 bits per heavy atom. The summed E-state index contributed by atoms with van der Waals surface area (Å²) >= 11 is 0. The van der Waals surface area contributed by atoms with Gasteiger partial charge in [-0.1, -0.05) is 0 Å². The van der Waals surface area contributed by atoms with Crippen molar-refractivity contribution in [3.63, 3.8) is 0 Å². The molecule has 0 bridgehead atoms. The molecule has 0 spiro atoms. The molecular formula is C11H12N2O5. The first-order valence-corrected chi connectivity index (χ1v) is 5.09. The quantitative estimate of drug-likeness (QED) is 0.564. The minimum absolute atomic E-state index is 0.0250. The van der Waals surface area contributed by atoms with E-state index in [-0.39, 0.29) is 24.2 Å². The number of amides is 2. The van der Waals surface area contributed by atoms with Crippen LogP contribution in [0.15, 0.2) is 24.3 Å². The highest BCUT2D eigenvalue weighted by Gasteiger charge is 2.08. The van der Waals surface area contributed by atoms with Crippen molar-refractivity contribution in [3.05, 3.63) is 29.8 Å². The van der Waals surface area contributed by atoms with E-state index in [0.29, 0.717) is 0 Å². The highest BCUT2D eigenvalue weighted by Crippen LogP contribution is 2.08. The van der Waals surface area contributed by atoms with Crippen molar-refractivity contribution in [3.8, 4) is 5.75 Å². The fourth-order valence-electron chi connectivity index (χ4n) is 1.09. The van der Waals surface area contributed by atoms with Crippen molar-refractivity contribution in [1.82, 2.24) is 10.9 Å². The summed E-state index contributed by atoms with van der Waals surface area (Å²) in [4.78, 5) is 32.8. The van der Waals surface area contributed by atoms with Crippen LogP contribution in [0.25, 0.3) is 0 Å². The molecule has 1 aromatic carbocycles. The lowest BCUT2D eigenvalue weighted by molar-refractivity contribution is -0.138. The normalized spacial score (nSPS) is 9.56. The Labute approximate surface area is 102 Å². The lowest BCUT2D eigenvalue weighted by atomic mass is 10.2. The molecular weight excluding hydrogens is 240 g/mol. The van der Waals surface area contributed by atoms with Crippen molar-refractivity contribution in [2.75, 3.05) is 0 Å². The van der Waals surface area contributed by atoms with Gasteiger partial charge in [0.15, 0.2) is 0 Å². The molecule has 0 aliphatic heterocycles. The summed E-state index contributed by atoms with van der Waals surface area (Å²) in [6.07, 6.45) is -0.522. The van der Waals surface area contributed by atoms with Gasteiger partial charge in [-0.25, -0.2) is 0 Å². The van der Waals surface area contributed by atoms with Crippen molar-refractivity contribution in [2.24, 2.45) is 0 Å². The molecule has 7 nitrogen and oxygen atoms in total. The Hall–Kier alpha value is -2.57. The third kappa shape index (κ3) is 4.52. The number of hydrogen-bond acceptors (Lipinski definition) is 4. The predicted molar refractivity (Wildman–Crippen MR) is 60.6 cm³/mol. The largest absolute Gasteiger partial charge is 0.508 e. The Kier molecular flexibility index (Phi) is 4.67. The van der Waals surface area contributed by atoms with Gasteiger partial charge in [0.1, 0.15) is 5.75 Å². The number of benzene rings is 1. The van der Waals surface area contributed by atoms with Crippen LogP contribution >= 0.6 is 0 Å². The van der Waals surface area contributed by atoms with Crippen molar-refractivity contribution in [2.45, 2.75) is 12.8 Å². The Morgan fingerprint density at radius 1 is 1.00 bits per heavy atom. The van der Waals surface area contributed by atoms with Crippen LogP contribution in [0.1, 0.15) is 23.2 Å². The topological polar surface area (TPSA) is 116 Å². The minimum Gasteiger partial charge on any atom is -0.508 e. The number of carboxylic acids is 1. The van der Waals surface area contributed by atoms with E-state index in [4.69, 9.17) is 10.2 Å². The number of aliphatic carboxylic acids is 1. The maximum Gasteiger partial charge on any atom is 0.303 e. The van der Waals surface area contributed by atoms with Gasteiger partial charge in [-0.05, 0) is 24.3 Å². The summed E-state index contributed by atoms with van der Waals surface area (Å²) in [6, 6.07) is 5.43. The van der Waals surface area contributed by atoms with Crippen LogP contribution in [0.5, 0.6) is 5.75 Å². The summed E-state index contributed by atoms with van der Waals surface area (Å²) in [5, 5.41) is 17.4. The summed E-state index contributed by atoms with van der Waals surface area (Å²) in [5.41, 5.74) is 4.47. The second-order valence-electron chi connectivity index (χ2n) is 3.44. The zero-order valence-electron chi connectivity index (χ0n) is 9.34. The number of carbonyl (C=O) groups excluding carboxylic acids is 2. The molecule has 4 N–H and O–H groups in total. The molecule has 0 aliphatic rings. The fourth-order valence-corrected chi connectivity index (χ4v) is 1.09. The molecule has 0 fully saturated rings. The predicted octanol–water partition coefficient (Wildman–Crippen LogP) is 0.0180. The van der Waals surface area contributed by atoms with Crippen molar-refractivity contribution in [1.29, 1.82) is 0 Å². The molecule has 0 atom stereocenters. The molecule has 18 heavy (non-hydrogen) atoms. The monoisotopic (exact) mass is 252 g/mol. The number of phenolic OH excluding ortho intramolecular Hbond substituents is 1. The fraction of sp³-hybridized carbons (Fsp3) is 0.182. The third-order valence-corrected chi connectivity index (χ3v) is 2.01. The molecule has 1 aromatic rings. The highest BCUT2D eigenvalue weighted by molar-refractivity contribution is 5.95. The maximum absolute atomic E-state index is 11.5. The van der Waals surface area contributed by atoms with Gasteiger partial charge in [-0.15, -0.1) is 0 Å². The summed E-state index contributed by atoms with van der Waals surface area (Å²) in [5.74, 6) is -2.21. The van der Waals surface area contributed by atoms with Crippen LogP contribution in [0.3, 0.4) is 0 Å². The molecule has 0 heterocycles. The van der Waals surface area contributed by atoms with Gasteiger partial charge in [-0.3, -0.25) is 25.2 Å². The molecule has 0 radical (unpaired) electrons. The first kappa shape index (κ1) is 13.5. The highest BCUT2D eigenvalue weighted by atomic mass is 16.4. The first-order valence-electron chi connectivity index (χ1n) is 5.09. The molecule has 0 unspecified atom stereocenters. The van der Waals surface area contributed by atoms with Crippen LogP contribution < -0.4 is 10.9 Å². The van der Waals surface area contributed by atoms with E-state index >= 15 is 0 Å². The van der Waals surface area contributed by atoms with Crippen LogP contribution in [-0.4, -0.2) is 28.0 Å². The average molecular weight is 252 g/mol. The summed E-state index contributed by atoms with van der Waals surface area (Å²) < 4.78 is 0. The van der Waals surface area contributed by atoms with Crippen LogP contribution in [0, 0.1) is 0 Å². The maximum atomic E-state index is 11.5. The van der Waals surface area contributed by atoms with E-state index in [0.717, 1.165) is 0 Å². The Bertz CT molecular complexity index is 455. The standard InChI is InChI=1S/C11H12N2O5/c14-8-3-1-7(2-4-8)11(18)13-12-9(15)5-6-10(16)17/h1-4,14H,5-6H2,(H,12,15)(H,13,18)(H,16,17). The molecule has 0 aromatic heterocycles. The van der Waals surface area contributed by atoms with Crippen LogP contribution in [-0.2, 0) is 9.59 Å². The number of aromatic hydroxyl groups is 1. The molecule has 1 rings (SSSR count). The number of hydrazine groups is 1. The van der Waals surface area contributed by atoms with Crippen molar-refractivity contribution >= 4 is 17.8 Å². The number of carboxylic acid groups (broad SMARTS) is 1. The van der Waals surface area contributed by atoms with E-state index in [1.165, 1.54) is 24.3 Å². The molecule has 0 saturated heterocycles. The Balaban J connectivity index is 2.39. The smallest absolute Gasteiger partial charge is 0.303 e. The number of nitrogens with one attached hydrogen (secondary N) is 2. The lowest BCUT2D eigenvalue weighted by Gasteiger charge is -2.06. The molecule has 2 amide bonds. The Morgan fingerprint density at radius 2 is 1.61 bits per heavy atom. The number of carbonyl (C=O) groups is 3. The van der Waals surface area contributed by atoms with Crippen LogP contribution in [0.2, 0.25) is 0 Å². The van der Waals surface area contributed by atoms with E-state index in [2.05, 4.69) is 10.9 Å². The van der Waals surface area contributed by atoms with Gasteiger partial charge in [0.25, 0.3) is 5.91 Å².